The average molecular weight is 495 g/mol. The van der Waals surface area contributed by atoms with E-state index >= 15 is 0 Å². The SMILES string of the molecule is Cc1nc2c(-c3ccc(Cl)cc3F)nc(C3CCOC(c4ccc(=O)n(C)c4)C3)cn2c(=O)c1C. The zero-order chi connectivity index (χ0) is 24.9. The van der Waals surface area contributed by atoms with Gasteiger partial charge < -0.3 is 9.30 Å². The summed E-state index contributed by atoms with van der Waals surface area (Å²) in [5, 5.41) is 0.272. The maximum absolute atomic E-state index is 15.0. The normalized spacial score (nSPS) is 18.2. The molecule has 4 heterocycles. The fourth-order valence-corrected chi connectivity index (χ4v) is 4.68. The molecule has 0 radical (unpaired) electrons. The Balaban J connectivity index is 1.65. The van der Waals surface area contributed by atoms with E-state index in [1.54, 1.807) is 51.5 Å². The van der Waals surface area contributed by atoms with Crippen LogP contribution in [0.25, 0.3) is 16.9 Å². The molecule has 0 amide bonds. The molecule has 0 saturated carbocycles. The second-order valence-electron chi connectivity index (χ2n) is 8.95. The molecule has 0 aliphatic carbocycles. The Morgan fingerprint density at radius 3 is 2.66 bits per heavy atom. The number of fused-ring (bicyclic) bond motifs is 1. The summed E-state index contributed by atoms with van der Waals surface area (Å²) in [5.74, 6) is -0.579. The van der Waals surface area contributed by atoms with Gasteiger partial charge >= 0.3 is 0 Å². The molecule has 7 nitrogen and oxygen atoms in total. The van der Waals surface area contributed by atoms with E-state index in [-0.39, 0.29) is 33.7 Å². The molecule has 35 heavy (non-hydrogen) atoms. The third-order valence-electron chi connectivity index (χ3n) is 6.67. The van der Waals surface area contributed by atoms with E-state index in [2.05, 4.69) is 4.98 Å². The Morgan fingerprint density at radius 1 is 1.11 bits per heavy atom. The van der Waals surface area contributed by atoms with Gasteiger partial charge in [0.2, 0.25) is 5.56 Å². The van der Waals surface area contributed by atoms with E-state index in [1.807, 2.05) is 0 Å². The molecule has 0 N–H and O–H groups in total. The third kappa shape index (κ3) is 4.28. The summed E-state index contributed by atoms with van der Waals surface area (Å²) in [5.41, 5.74) is 3.16. The number of halogens is 2. The second-order valence-corrected chi connectivity index (χ2v) is 9.39. The van der Waals surface area contributed by atoms with Gasteiger partial charge in [-0.15, -0.1) is 0 Å². The molecule has 4 aromatic rings. The summed E-state index contributed by atoms with van der Waals surface area (Å²) in [6.45, 7) is 3.97. The lowest BCUT2D eigenvalue weighted by Gasteiger charge is -2.30. The van der Waals surface area contributed by atoms with Crippen LogP contribution in [0.1, 0.15) is 47.4 Å². The molecule has 1 fully saturated rings. The molecular weight excluding hydrogens is 471 g/mol. The Labute approximate surface area is 205 Å². The molecule has 0 spiro atoms. The van der Waals surface area contributed by atoms with Crippen molar-refractivity contribution < 1.29 is 9.13 Å². The predicted octanol–water partition coefficient (Wildman–Crippen LogP) is 4.50. The summed E-state index contributed by atoms with van der Waals surface area (Å²) >= 11 is 5.98. The summed E-state index contributed by atoms with van der Waals surface area (Å²) in [7, 11) is 1.70. The van der Waals surface area contributed by atoms with Crippen molar-refractivity contribution in [2.45, 2.75) is 38.7 Å². The molecule has 2 atom stereocenters. The number of aromatic nitrogens is 4. The van der Waals surface area contributed by atoms with Gasteiger partial charge in [0.15, 0.2) is 5.65 Å². The number of pyridine rings is 1. The lowest BCUT2D eigenvalue weighted by Crippen LogP contribution is -2.25. The van der Waals surface area contributed by atoms with E-state index in [9.17, 15) is 14.0 Å². The van der Waals surface area contributed by atoms with Crippen LogP contribution in [0.4, 0.5) is 4.39 Å². The molecule has 0 bridgehead atoms. The minimum atomic E-state index is -0.536. The second kappa shape index (κ2) is 9.02. The van der Waals surface area contributed by atoms with Crippen LogP contribution in [-0.4, -0.2) is 25.5 Å². The van der Waals surface area contributed by atoms with Gasteiger partial charge in [-0.25, -0.2) is 14.4 Å². The Hall–Kier alpha value is -3.36. The predicted molar refractivity (Wildman–Crippen MR) is 131 cm³/mol. The number of hydrogen-bond donors (Lipinski definition) is 0. The Bertz CT molecular complexity index is 1580. The van der Waals surface area contributed by atoms with E-state index in [1.165, 1.54) is 21.1 Å². The van der Waals surface area contributed by atoms with Crippen LogP contribution in [0.3, 0.4) is 0 Å². The first-order valence-electron chi connectivity index (χ1n) is 11.4. The molecule has 2 unspecified atom stereocenters. The van der Waals surface area contributed by atoms with Gasteiger partial charge in [0.25, 0.3) is 5.56 Å². The van der Waals surface area contributed by atoms with Crippen LogP contribution >= 0.6 is 11.6 Å². The standard InChI is InChI=1S/C26H24ClFN4O3/c1-14-15(2)29-25-24(19-6-5-18(27)11-20(19)28)30-21(13-32(25)26(14)34)16-8-9-35-22(10-16)17-4-7-23(33)31(3)12-17/h4-7,11-13,16,22H,8-10H2,1-3H3. The highest BCUT2D eigenvalue weighted by Gasteiger charge is 2.28. The average Bonchev–Trinajstić information content (AvgIpc) is 2.84. The molecule has 1 aromatic carbocycles. The van der Waals surface area contributed by atoms with Gasteiger partial charge in [0, 0.05) is 59.9 Å². The van der Waals surface area contributed by atoms with Crippen molar-refractivity contribution in [3.63, 3.8) is 0 Å². The van der Waals surface area contributed by atoms with E-state index < -0.39 is 5.82 Å². The molecule has 1 saturated heterocycles. The van der Waals surface area contributed by atoms with Gasteiger partial charge in [-0.2, -0.15) is 0 Å². The molecule has 180 valence electrons. The zero-order valence-corrected chi connectivity index (χ0v) is 20.3. The van der Waals surface area contributed by atoms with Gasteiger partial charge in [-0.3, -0.25) is 14.0 Å². The maximum Gasteiger partial charge on any atom is 0.261 e. The van der Waals surface area contributed by atoms with Gasteiger partial charge in [0.1, 0.15) is 11.5 Å². The lowest BCUT2D eigenvalue weighted by atomic mass is 9.90. The Morgan fingerprint density at radius 2 is 1.91 bits per heavy atom. The largest absolute Gasteiger partial charge is 0.373 e. The van der Waals surface area contributed by atoms with Crippen LogP contribution < -0.4 is 11.1 Å². The number of ether oxygens (including phenoxy) is 1. The smallest absolute Gasteiger partial charge is 0.261 e. The fourth-order valence-electron chi connectivity index (χ4n) is 4.52. The van der Waals surface area contributed by atoms with Crippen LogP contribution in [0.2, 0.25) is 5.02 Å². The van der Waals surface area contributed by atoms with Crippen LogP contribution in [-0.2, 0) is 11.8 Å². The number of nitrogens with zero attached hydrogens (tertiary/aromatic N) is 4. The van der Waals surface area contributed by atoms with Crippen molar-refractivity contribution >= 4 is 17.2 Å². The number of hydrogen-bond acceptors (Lipinski definition) is 5. The molecule has 1 aliphatic heterocycles. The number of aryl methyl sites for hydroxylation is 2. The van der Waals surface area contributed by atoms with Crippen LogP contribution in [0.15, 0.2) is 52.3 Å². The minimum absolute atomic E-state index is 0.0435. The summed E-state index contributed by atoms with van der Waals surface area (Å²) in [4.78, 5) is 34.4. The van der Waals surface area contributed by atoms with Crippen molar-refractivity contribution in [1.82, 2.24) is 18.9 Å². The molecule has 9 heteroatoms. The summed E-state index contributed by atoms with van der Waals surface area (Å²) in [6.07, 6.45) is 4.55. The van der Waals surface area contributed by atoms with Crippen LogP contribution in [0.5, 0.6) is 0 Å². The molecule has 3 aromatic heterocycles. The maximum atomic E-state index is 15.0. The van der Waals surface area contributed by atoms with Gasteiger partial charge in [0.05, 0.1) is 11.8 Å². The van der Waals surface area contributed by atoms with Crippen molar-refractivity contribution in [3.05, 3.63) is 96.8 Å². The first-order valence-corrected chi connectivity index (χ1v) is 11.7. The van der Waals surface area contributed by atoms with E-state index in [0.29, 0.717) is 47.7 Å². The van der Waals surface area contributed by atoms with Crippen molar-refractivity contribution in [2.75, 3.05) is 6.61 Å². The summed E-state index contributed by atoms with van der Waals surface area (Å²) < 4.78 is 24.0. The molecular formula is C26H24ClFN4O3. The lowest BCUT2D eigenvalue weighted by molar-refractivity contribution is 0.00422. The summed E-state index contributed by atoms with van der Waals surface area (Å²) in [6, 6.07) is 7.67. The van der Waals surface area contributed by atoms with Crippen LogP contribution in [0, 0.1) is 19.7 Å². The number of benzene rings is 1. The molecule has 1 aliphatic rings. The highest BCUT2D eigenvalue weighted by Crippen LogP contribution is 2.38. The topological polar surface area (TPSA) is 78.5 Å². The highest BCUT2D eigenvalue weighted by molar-refractivity contribution is 6.30. The Kier molecular flexibility index (Phi) is 6.02. The number of rotatable bonds is 3. The monoisotopic (exact) mass is 494 g/mol. The highest BCUT2D eigenvalue weighted by atomic mass is 35.5. The minimum Gasteiger partial charge on any atom is -0.373 e. The van der Waals surface area contributed by atoms with Crippen molar-refractivity contribution in [1.29, 1.82) is 0 Å². The van der Waals surface area contributed by atoms with E-state index in [4.69, 9.17) is 21.3 Å². The van der Waals surface area contributed by atoms with Crippen molar-refractivity contribution in [2.24, 2.45) is 7.05 Å². The van der Waals surface area contributed by atoms with E-state index in [0.717, 1.165) is 5.56 Å². The van der Waals surface area contributed by atoms with Gasteiger partial charge in [-0.05, 0) is 56.5 Å². The first kappa shape index (κ1) is 23.4. The van der Waals surface area contributed by atoms with Gasteiger partial charge in [-0.1, -0.05) is 11.6 Å². The zero-order valence-electron chi connectivity index (χ0n) is 19.6. The molecule has 5 rings (SSSR count). The van der Waals surface area contributed by atoms with Crippen molar-refractivity contribution in [3.8, 4) is 11.3 Å². The third-order valence-corrected chi connectivity index (χ3v) is 6.90. The quantitative estimate of drug-likeness (QED) is 0.419. The fraction of sp³-hybridized carbons (Fsp3) is 0.308. The first-order chi connectivity index (χ1) is 16.7.